The van der Waals surface area contributed by atoms with E-state index in [0.29, 0.717) is 6.42 Å². The lowest BCUT2D eigenvalue weighted by Gasteiger charge is -2.41. The van der Waals surface area contributed by atoms with Gasteiger partial charge in [0.15, 0.2) is 16.6 Å². The maximum absolute atomic E-state index is 14.3. The van der Waals surface area contributed by atoms with Gasteiger partial charge in [-0.25, -0.2) is 4.98 Å². The summed E-state index contributed by atoms with van der Waals surface area (Å²) in [5.41, 5.74) is 0.647. The Morgan fingerprint density at radius 2 is 1.67 bits per heavy atom. The predicted octanol–water partition coefficient (Wildman–Crippen LogP) is 8.02. The van der Waals surface area contributed by atoms with Gasteiger partial charge in [0.1, 0.15) is 18.2 Å². The normalized spacial score (nSPS) is 28.9. The number of ether oxygens (including phenoxy) is 1. The van der Waals surface area contributed by atoms with Crippen molar-refractivity contribution in [1.29, 1.82) is 0 Å². The standard InChI is InChI=1S/C33H55NO6SSi2/c1-22-14-13-15-26(20-35)16-17-28(23(2)18-27-21-41-25(4)34-27)38-30(36)19-29(39-42(7,8)9)33(5,6)32(37)24(3)31(22)40-43(10,11)12/h16-18,20-22,24,26,28-29,31H,13-15,19H2,1-12H3/t22?,24-,26?,28+,29?,31?/m1/s1. The largest absolute Gasteiger partial charge is 0.453 e. The molecule has 7 nitrogen and oxygen atoms in total. The number of carbonyl (C=O) groups excluding carboxylic acids is 3. The lowest BCUT2D eigenvalue weighted by molar-refractivity contribution is -0.151. The Bertz CT molecular complexity index is 1160. The predicted molar refractivity (Wildman–Crippen MR) is 181 cm³/mol. The molecule has 2 heterocycles. The van der Waals surface area contributed by atoms with Crippen LogP contribution in [0.25, 0.3) is 6.08 Å². The number of cyclic esters (lactones) is 1. The molecule has 1 aromatic rings. The van der Waals surface area contributed by atoms with Crippen molar-refractivity contribution in [1.82, 2.24) is 4.98 Å². The van der Waals surface area contributed by atoms with Crippen LogP contribution in [0, 0.1) is 30.1 Å². The summed E-state index contributed by atoms with van der Waals surface area (Å²) in [6.07, 6.45) is 7.17. The molecule has 0 bridgehead atoms. The lowest BCUT2D eigenvalue weighted by atomic mass is 9.73. The summed E-state index contributed by atoms with van der Waals surface area (Å²) in [6, 6.07) is 0. The van der Waals surface area contributed by atoms with Gasteiger partial charge in [-0.05, 0) is 89.6 Å². The molecule has 2 rings (SSSR count). The molecule has 4 unspecified atom stereocenters. The average Bonchev–Trinajstić information content (AvgIpc) is 3.29. The number of hydrogen-bond acceptors (Lipinski definition) is 8. The SMILES string of the molecule is CC(=Cc1csc(C)n1)[C@@H]1C=CC(C=O)CCCC(C)C(O[Si](C)(C)C)[C@@H](C)C(=O)C(C)(C)C(O[Si](C)(C)C)CC(=O)O1. The van der Waals surface area contributed by atoms with Gasteiger partial charge < -0.3 is 18.4 Å². The second kappa shape index (κ2) is 15.5. The quantitative estimate of drug-likeness (QED) is 0.128. The zero-order valence-electron chi connectivity index (χ0n) is 28.5. The smallest absolute Gasteiger partial charge is 0.309 e. The lowest BCUT2D eigenvalue weighted by Crippen LogP contribution is -2.51. The fourth-order valence-electron chi connectivity index (χ4n) is 5.56. The molecule has 0 spiro atoms. The number of carbonyl (C=O) groups is 3. The molecule has 0 radical (unpaired) electrons. The zero-order valence-corrected chi connectivity index (χ0v) is 31.3. The highest BCUT2D eigenvalue weighted by atomic mass is 32.1. The number of allylic oxidation sites excluding steroid dienone is 1. The van der Waals surface area contributed by atoms with Crippen LogP contribution in [0.3, 0.4) is 0 Å². The van der Waals surface area contributed by atoms with Crippen molar-refractivity contribution >= 4 is 52.1 Å². The van der Waals surface area contributed by atoms with E-state index in [1.165, 1.54) is 0 Å². The van der Waals surface area contributed by atoms with Gasteiger partial charge in [-0.2, -0.15) is 0 Å². The van der Waals surface area contributed by atoms with Gasteiger partial charge in [0.05, 0.1) is 29.3 Å². The molecular formula is C33H55NO6SSi2. The second-order valence-electron chi connectivity index (χ2n) is 14.7. The molecular weight excluding hydrogens is 595 g/mol. The third kappa shape index (κ3) is 11.9. The maximum Gasteiger partial charge on any atom is 0.309 e. The molecule has 43 heavy (non-hydrogen) atoms. The summed E-state index contributed by atoms with van der Waals surface area (Å²) in [7, 11) is -4.15. The van der Waals surface area contributed by atoms with Crippen molar-refractivity contribution in [2.75, 3.05) is 0 Å². The van der Waals surface area contributed by atoms with Crippen molar-refractivity contribution in [3.63, 3.8) is 0 Å². The molecule has 10 heteroatoms. The highest BCUT2D eigenvalue weighted by molar-refractivity contribution is 7.09. The van der Waals surface area contributed by atoms with Gasteiger partial charge in [-0.1, -0.05) is 40.2 Å². The van der Waals surface area contributed by atoms with Crippen LogP contribution in [0.5, 0.6) is 0 Å². The van der Waals surface area contributed by atoms with Crippen LogP contribution in [0.1, 0.15) is 71.0 Å². The van der Waals surface area contributed by atoms with Crippen LogP contribution in [-0.2, 0) is 28.0 Å². The molecule has 1 aromatic heterocycles. The number of aromatic nitrogens is 1. The number of rotatable bonds is 7. The van der Waals surface area contributed by atoms with Gasteiger partial charge in [0, 0.05) is 22.6 Å². The number of hydrogen-bond donors (Lipinski definition) is 0. The van der Waals surface area contributed by atoms with Crippen molar-refractivity contribution in [3.05, 3.63) is 33.8 Å². The van der Waals surface area contributed by atoms with Crippen molar-refractivity contribution < 1.29 is 28.0 Å². The molecule has 0 aromatic carbocycles. The molecule has 0 amide bonds. The Morgan fingerprint density at radius 3 is 2.21 bits per heavy atom. The van der Waals surface area contributed by atoms with Gasteiger partial charge in [-0.3, -0.25) is 9.59 Å². The van der Waals surface area contributed by atoms with Crippen molar-refractivity contribution in [3.8, 4) is 0 Å². The number of aldehydes is 1. The van der Waals surface area contributed by atoms with Crippen LogP contribution < -0.4 is 0 Å². The van der Waals surface area contributed by atoms with Gasteiger partial charge in [-0.15, -0.1) is 11.3 Å². The molecule has 0 fully saturated rings. The van der Waals surface area contributed by atoms with Crippen LogP contribution in [0.4, 0.5) is 0 Å². The zero-order chi connectivity index (χ0) is 32.8. The van der Waals surface area contributed by atoms with E-state index in [-0.39, 0.29) is 30.1 Å². The maximum atomic E-state index is 14.3. The van der Waals surface area contributed by atoms with Gasteiger partial charge in [0.2, 0.25) is 0 Å². The molecule has 0 saturated heterocycles. The summed E-state index contributed by atoms with van der Waals surface area (Å²) in [5.74, 6) is -1.01. The molecule has 6 atom stereocenters. The van der Waals surface area contributed by atoms with Crippen LogP contribution in [0.2, 0.25) is 39.3 Å². The Morgan fingerprint density at radius 1 is 1.05 bits per heavy atom. The third-order valence-corrected chi connectivity index (χ3v) is 10.6. The highest BCUT2D eigenvalue weighted by Crippen LogP contribution is 2.37. The fraction of sp³-hybridized carbons (Fsp3) is 0.697. The number of nitrogens with zero attached hydrogens (tertiary/aromatic N) is 1. The summed E-state index contributed by atoms with van der Waals surface area (Å²) in [6.45, 7) is 24.4. The first-order chi connectivity index (χ1) is 19.7. The minimum absolute atomic E-state index is 0.0305. The minimum atomic E-state index is -2.16. The summed E-state index contributed by atoms with van der Waals surface area (Å²) in [5, 5.41) is 2.91. The van der Waals surface area contributed by atoms with E-state index in [1.54, 1.807) is 17.4 Å². The van der Waals surface area contributed by atoms with Gasteiger partial charge >= 0.3 is 5.97 Å². The fourth-order valence-corrected chi connectivity index (χ4v) is 8.62. The van der Waals surface area contributed by atoms with E-state index in [0.717, 1.165) is 35.4 Å². The first-order valence-electron chi connectivity index (χ1n) is 15.6. The average molecular weight is 650 g/mol. The van der Waals surface area contributed by atoms with Gasteiger partial charge in [0.25, 0.3) is 0 Å². The topological polar surface area (TPSA) is 91.8 Å². The Kier molecular flexibility index (Phi) is 13.5. The van der Waals surface area contributed by atoms with E-state index in [9.17, 15) is 14.4 Å². The van der Waals surface area contributed by atoms with E-state index in [2.05, 4.69) is 51.2 Å². The summed E-state index contributed by atoms with van der Waals surface area (Å²) in [4.78, 5) is 44.5. The molecule has 1 aliphatic rings. The van der Waals surface area contributed by atoms with E-state index in [4.69, 9.17) is 13.6 Å². The number of aryl methyl sites for hydroxylation is 1. The molecule has 0 N–H and O–H groups in total. The summed E-state index contributed by atoms with van der Waals surface area (Å²) < 4.78 is 19.3. The number of esters is 1. The van der Waals surface area contributed by atoms with Crippen LogP contribution in [0.15, 0.2) is 23.1 Å². The molecule has 242 valence electrons. The van der Waals surface area contributed by atoms with E-state index >= 15 is 0 Å². The molecule has 0 saturated carbocycles. The molecule has 0 aliphatic carbocycles. The number of thiazole rings is 1. The first-order valence-corrected chi connectivity index (χ1v) is 23.3. The number of ketones is 1. The first kappa shape index (κ1) is 37.5. The van der Waals surface area contributed by atoms with Crippen molar-refractivity contribution in [2.24, 2.45) is 23.2 Å². The van der Waals surface area contributed by atoms with Crippen LogP contribution in [-0.4, -0.2) is 58.0 Å². The highest BCUT2D eigenvalue weighted by Gasteiger charge is 2.46. The third-order valence-electron chi connectivity index (χ3n) is 7.87. The molecule has 1 aliphatic heterocycles. The Hall–Kier alpha value is -1.73. The monoisotopic (exact) mass is 649 g/mol. The Labute approximate surface area is 266 Å². The second-order valence-corrected chi connectivity index (χ2v) is 24.7. The van der Waals surface area contributed by atoms with Crippen LogP contribution >= 0.6 is 11.3 Å². The Balaban J connectivity index is 2.58. The minimum Gasteiger partial charge on any atom is -0.453 e. The van der Waals surface area contributed by atoms with Crippen molar-refractivity contribution in [2.45, 2.75) is 125 Å². The number of Topliss-reactive ketones (excluding diaryl/α,β-unsaturated/α-hetero) is 1. The summed E-state index contributed by atoms with van der Waals surface area (Å²) >= 11 is 1.55. The van der Waals surface area contributed by atoms with E-state index < -0.39 is 46.1 Å². The van der Waals surface area contributed by atoms with E-state index in [1.807, 2.05) is 52.2 Å².